The van der Waals surface area contributed by atoms with Gasteiger partial charge in [-0.15, -0.1) is 0 Å². The molecule has 0 aliphatic heterocycles. The van der Waals surface area contributed by atoms with Gasteiger partial charge in [0, 0.05) is 51.6 Å². The third-order valence-corrected chi connectivity index (χ3v) is 5.10. The van der Waals surface area contributed by atoms with Crippen LogP contribution in [0.3, 0.4) is 0 Å². The molecule has 0 N–H and O–H groups in total. The van der Waals surface area contributed by atoms with E-state index in [-0.39, 0.29) is 24.0 Å². The minimum atomic E-state index is 0. The first-order valence-electron chi connectivity index (χ1n) is 10.4. The van der Waals surface area contributed by atoms with Crippen molar-refractivity contribution in [1.82, 2.24) is 9.80 Å². The van der Waals surface area contributed by atoms with Gasteiger partial charge in [0.05, 0.1) is 0 Å². The van der Waals surface area contributed by atoms with E-state index in [9.17, 15) is 0 Å². The molecule has 1 heterocycles. The molecule has 1 aromatic heterocycles. The largest absolute Gasteiger partial charge is 1.00 e. The van der Waals surface area contributed by atoms with E-state index >= 15 is 0 Å². The molecule has 0 unspecified atom stereocenters. The monoisotopic (exact) mass is 525 g/mol. The van der Waals surface area contributed by atoms with E-state index in [1.165, 1.54) is 33.8 Å². The van der Waals surface area contributed by atoms with E-state index in [2.05, 4.69) is 141 Å². The van der Waals surface area contributed by atoms with Crippen LogP contribution in [-0.4, -0.2) is 38.0 Å². The van der Waals surface area contributed by atoms with Gasteiger partial charge in [-0.05, 0) is 30.2 Å². The highest BCUT2D eigenvalue weighted by Crippen LogP contribution is 2.24. The van der Waals surface area contributed by atoms with Crippen molar-refractivity contribution in [3.8, 4) is 0 Å². The van der Waals surface area contributed by atoms with Gasteiger partial charge in [-0.25, -0.2) is 0 Å². The number of hydrogen-bond acceptors (Lipinski definition) is 2. The van der Waals surface area contributed by atoms with E-state index in [1.54, 1.807) is 0 Å². The Morgan fingerprint density at radius 3 is 1.68 bits per heavy atom. The Labute approximate surface area is 204 Å². The van der Waals surface area contributed by atoms with E-state index in [1.807, 2.05) is 0 Å². The van der Waals surface area contributed by atoms with Crippen molar-refractivity contribution >= 4 is 23.5 Å². The van der Waals surface area contributed by atoms with Crippen LogP contribution in [0.2, 0.25) is 0 Å². The van der Waals surface area contributed by atoms with Gasteiger partial charge < -0.3 is 33.8 Å². The normalized spacial score (nSPS) is 11.6. The third kappa shape index (κ3) is 6.44. The lowest BCUT2D eigenvalue weighted by atomic mass is 10.1. The van der Waals surface area contributed by atoms with Gasteiger partial charge in [0.25, 0.3) is 0 Å². The summed E-state index contributed by atoms with van der Waals surface area (Å²) in [6, 6.07) is 25.5. The van der Waals surface area contributed by atoms with Crippen molar-refractivity contribution in [2.24, 2.45) is 0 Å². The Hall–Kier alpha value is -2.60. The van der Waals surface area contributed by atoms with Crippen molar-refractivity contribution in [3.05, 3.63) is 101 Å². The maximum Gasteiger partial charge on any atom is 0.229 e. The quantitative estimate of drug-likeness (QED) is 0.346. The third-order valence-electron chi connectivity index (χ3n) is 5.10. The lowest BCUT2D eigenvalue weighted by Gasteiger charge is -2.20. The lowest BCUT2D eigenvalue weighted by Crippen LogP contribution is -3.00. The highest BCUT2D eigenvalue weighted by atomic mass is 127. The van der Waals surface area contributed by atoms with Crippen molar-refractivity contribution in [2.75, 3.05) is 28.2 Å². The Balaban J connectivity index is 0.00000341. The summed E-state index contributed by atoms with van der Waals surface area (Å²) in [7, 11) is 8.41. The van der Waals surface area contributed by atoms with Gasteiger partial charge in [-0.3, -0.25) is 0 Å². The fourth-order valence-electron chi connectivity index (χ4n) is 3.50. The van der Waals surface area contributed by atoms with Crippen LogP contribution in [0.4, 0.5) is 0 Å². The molecule has 3 rings (SSSR count). The first-order chi connectivity index (χ1) is 14.5. The zero-order valence-corrected chi connectivity index (χ0v) is 21.2. The van der Waals surface area contributed by atoms with Crippen LogP contribution in [0.25, 0.3) is 23.5 Å². The maximum atomic E-state index is 2.30. The van der Waals surface area contributed by atoms with Crippen LogP contribution in [0.15, 0.2) is 79.0 Å². The van der Waals surface area contributed by atoms with Crippen LogP contribution in [0, 0.1) is 0 Å². The predicted molar refractivity (Wildman–Crippen MR) is 128 cm³/mol. The molecule has 162 valence electrons. The Morgan fingerprint density at radius 1 is 0.742 bits per heavy atom. The summed E-state index contributed by atoms with van der Waals surface area (Å²) in [4.78, 5) is 4.37. The summed E-state index contributed by atoms with van der Waals surface area (Å²) < 4.78 is 2.30. The van der Waals surface area contributed by atoms with Gasteiger partial charge in [-0.1, -0.05) is 60.7 Å². The van der Waals surface area contributed by atoms with Crippen LogP contribution in [0.5, 0.6) is 0 Å². The number of halogens is 1. The first-order valence-corrected chi connectivity index (χ1v) is 10.4. The Morgan fingerprint density at radius 2 is 1.23 bits per heavy atom. The molecule has 3 aromatic rings. The van der Waals surface area contributed by atoms with Crippen molar-refractivity contribution in [3.63, 3.8) is 0 Å². The molecule has 0 bridgehead atoms. The molecule has 3 nitrogen and oxygen atoms in total. The second kappa shape index (κ2) is 11.7. The van der Waals surface area contributed by atoms with E-state index in [0.717, 1.165) is 6.54 Å². The molecule has 0 saturated heterocycles. The number of aromatic nitrogens is 1. The summed E-state index contributed by atoms with van der Waals surface area (Å²) in [6.07, 6.45) is 6.68. The smallest absolute Gasteiger partial charge is 0.229 e. The molecule has 0 aliphatic rings. The molecule has 0 aliphatic carbocycles. The number of rotatable bonds is 7. The average molecular weight is 525 g/mol. The maximum absolute atomic E-state index is 2.30. The number of pyridine rings is 1. The summed E-state index contributed by atoms with van der Waals surface area (Å²) >= 11 is 0. The molecule has 0 saturated carbocycles. The second-order valence-corrected chi connectivity index (χ2v) is 7.76. The highest BCUT2D eigenvalue weighted by molar-refractivity contribution is 5.83. The molecule has 4 heteroatoms. The van der Waals surface area contributed by atoms with Crippen molar-refractivity contribution in [2.45, 2.75) is 13.5 Å². The molecule has 0 radical (unpaired) electrons. The second-order valence-electron chi connectivity index (χ2n) is 7.76. The standard InChI is InChI=1S/C27H32N3.HI/c1-6-30-18-17-24(25(28(2)3)19-22-13-9-7-10-14-22)21-27(30)26(29(4)5)20-23-15-11-8-12-16-23;/h7-21H,6H2,1-5H3;1H/q+1;/p-1. The molecule has 0 atom stereocenters. The van der Waals surface area contributed by atoms with Crippen LogP contribution >= 0.6 is 0 Å². The molecular weight excluding hydrogens is 493 g/mol. The van der Waals surface area contributed by atoms with Crippen LogP contribution in [-0.2, 0) is 6.54 Å². The van der Waals surface area contributed by atoms with E-state index in [4.69, 9.17) is 0 Å². The lowest BCUT2D eigenvalue weighted by molar-refractivity contribution is -0.696. The molecule has 31 heavy (non-hydrogen) atoms. The number of aryl methyl sites for hydroxylation is 1. The minimum Gasteiger partial charge on any atom is -1.00 e. The minimum absolute atomic E-state index is 0. The van der Waals surface area contributed by atoms with Gasteiger partial charge in [0.15, 0.2) is 6.20 Å². The predicted octanol–water partition coefficient (Wildman–Crippen LogP) is 2.12. The van der Waals surface area contributed by atoms with Crippen molar-refractivity contribution < 1.29 is 28.5 Å². The summed E-state index contributed by atoms with van der Waals surface area (Å²) in [5, 5.41) is 0. The molecule has 0 spiro atoms. The summed E-state index contributed by atoms with van der Waals surface area (Å²) in [5.41, 5.74) is 7.16. The van der Waals surface area contributed by atoms with Gasteiger partial charge in [0.1, 0.15) is 12.2 Å². The SMILES string of the molecule is CC[n+]1ccc(C(=Cc2ccccc2)N(C)C)cc1C(=Cc1ccccc1)N(C)C.[I-]. The Kier molecular flexibility index (Phi) is 9.31. The zero-order chi connectivity index (χ0) is 21.5. The van der Waals surface area contributed by atoms with Crippen LogP contribution < -0.4 is 28.5 Å². The van der Waals surface area contributed by atoms with Gasteiger partial charge in [0.2, 0.25) is 5.69 Å². The molecule has 0 fully saturated rings. The number of hydrogen-bond donors (Lipinski definition) is 0. The molecule has 0 amide bonds. The average Bonchev–Trinajstić information content (AvgIpc) is 2.76. The first kappa shape index (κ1) is 24.7. The van der Waals surface area contributed by atoms with Gasteiger partial charge in [-0.2, -0.15) is 4.57 Å². The summed E-state index contributed by atoms with van der Waals surface area (Å²) in [6.45, 7) is 3.10. The van der Waals surface area contributed by atoms with Gasteiger partial charge >= 0.3 is 0 Å². The topological polar surface area (TPSA) is 10.4 Å². The van der Waals surface area contributed by atoms with E-state index < -0.39 is 0 Å². The number of benzene rings is 2. The zero-order valence-electron chi connectivity index (χ0n) is 19.1. The fourth-order valence-corrected chi connectivity index (χ4v) is 3.50. The summed E-state index contributed by atoms with van der Waals surface area (Å²) in [5.74, 6) is 0. The molecule has 2 aromatic carbocycles. The Bertz CT molecular complexity index is 1020. The number of nitrogens with zero attached hydrogens (tertiary/aromatic N) is 3. The fraction of sp³-hybridized carbons (Fsp3) is 0.222. The highest BCUT2D eigenvalue weighted by Gasteiger charge is 2.19. The van der Waals surface area contributed by atoms with Crippen molar-refractivity contribution in [1.29, 1.82) is 0 Å². The molecular formula is C27H32IN3. The van der Waals surface area contributed by atoms with Crippen LogP contribution in [0.1, 0.15) is 29.3 Å². The van der Waals surface area contributed by atoms with E-state index in [0.29, 0.717) is 0 Å².